The Morgan fingerprint density at radius 3 is 2.79 bits per heavy atom. The molecule has 3 rings (SSSR count). The average Bonchev–Trinajstić information content (AvgIpc) is 2.94. The highest BCUT2D eigenvalue weighted by molar-refractivity contribution is 6.16. The Balaban J connectivity index is 2.10. The van der Waals surface area contributed by atoms with E-state index < -0.39 is 0 Å². The molecule has 0 amide bonds. The van der Waals surface area contributed by atoms with Gasteiger partial charge < -0.3 is 8.98 Å². The van der Waals surface area contributed by atoms with Gasteiger partial charge in [0.25, 0.3) is 0 Å². The first-order chi connectivity index (χ1) is 9.17. The summed E-state index contributed by atoms with van der Waals surface area (Å²) in [6.07, 6.45) is 3.52. The molecule has 3 aromatic heterocycles. The highest BCUT2D eigenvalue weighted by Crippen LogP contribution is 2.18. The first kappa shape index (κ1) is 12.2. The molecule has 0 spiro atoms. The van der Waals surface area contributed by atoms with Crippen LogP contribution < -0.4 is 0 Å². The van der Waals surface area contributed by atoms with Gasteiger partial charge in [0.15, 0.2) is 5.65 Å². The topological polar surface area (TPSA) is 56.7 Å². The Morgan fingerprint density at radius 1 is 1.26 bits per heavy atom. The highest BCUT2D eigenvalue weighted by Gasteiger charge is 2.13. The Hall–Kier alpha value is -1.88. The summed E-state index contributed by atoms with van der Waals surface area (Å²) in [6, 6.07) is 2.00. The van der Waals surface area contributed by atoms with Gasteiger partial charge in [-0.05, 0) is 25.5 Å². The van der Waals surface area contributed by atoms with Crippen molar-refractivity contribution in [2.24, 2.45) is 0 Å². The first-order valence-electron chi connectivity index (χ1n) is 5.96. The lowest BCUT2D eigenvalue weighted by atomic mass is 10.3. The van der Waals surface area contributed by atoms with E-state index in [9.17, 15) is 0 Å². The summed E-state index contributed by atoms with van der Waals surface area (Å²) in [7, 11) is 0. The lowest BCUT2D eigenvalue weighted by Gasteiger charge is -2.03. The van der Waals surface area contributed by atoms with E-state index in [-0.39, 0.29) is 0 Å². The van der Waals surface area contributed by atoms with Crippen LogP contribution in [0, 0.1) is 13.8 Å². The van der Waals surface area contributed by atoms with Gasteiger partial charge in [-0.25, -0.2) is 15.0 Å². The number of nitrogens with zero attached hydrogens (tertiary/aromatic N) is 4. The van der Waals surface area contributed by atoms with Crippen LogP contribution in [-0.2, 0) is 12.4 Å². The molecule has 5 nitrogen and oxygen atoms in total. The van der Waals surface area contributed by atoms with Crippen molar-refractivity contribution >= 4 is 22.8 Å². The fourth-order valence-corrected chi connectivity index (χ4v) is 2.24. The summed E-state index contributed by atoms with van der Waals surface area (Å²) in [5.41, 5.74) is 2.72. The normalized spacial score (nSPS) is 11.3. The quantitative estimate of drug-likeness (QED) is 0.690. The molecule has 0 bridgehead atoms. The SMILES string of the molecule is Cc1cnc2c(c1)nc(CCl)n2Cc1ncc(C)o1. The number of aromatic nitrogens is 4. The zero-order valence-corrected chi connectivity index (χ0v) is 11.5. The monoisotopic (exact) mass is 276 g/mol. The molecule has 0 atom stereocenters. The number of halogens is 1. The van der Waals surface area contributed by atoms with Crippen molar-refractivity contribution in [2.45, 2.75) is 26.3 Å². The van der Waals surface area contributed by atoms with Crippen LogP contribution in [-0.4, -0.2) is 19.5 Å². The number of alkyl halides is 1. The van der Waals surface area contributed by atoms with Crippen molar-refractivity contribution in [2.75, 3.05) is 0 Å². The number of aryl methyl sites for hydroxylation is 2. The molecule has 3 aromatic rings. The third-order valence-corrected chi connectivity index (χ3v) is 3.12. The molecule has 0 aliphatic heterocycles. The standard InChI is InChI=1S/C13H13ClN4O/c1-8-3-10-13(16-5-8)18(11(4-14)17-10)7-12-15-6-9(2)19-12/h3,5-6H,4,7H2,1-2H3. The van der Waals surface area contributed by atoms with Gasteiger partial charge >= 0.3 is 0 Å². The third-order valence-electron chi connectivity index (χ3n) is 2.88. The zero-order chi connectivity index (χ0) is 13.4. The van der Waals surface area contributed by atoms with E-state index in [0.717, 1.165) is 28.3 Å². The average molecular weight is 277 g/mol. The molecule has 0 N–H and O–H groups in total. The van der Waals surface area contributed by atoms with E-state index >= 15 is 0 Å². The summed E-state index contributed by atoms with van der Waals surface area (Å²) in [6.45, 7) is 4.35. The molecule has 0 saturated carbocycles. The summed E-state index contributed by atoms with van der Waals surface area (Å²) in [5.74, 6) is 2.52. The summed E-state index contributed by atoms with van der Waals surface area (Å²) in [4.78, 5) is 13.1. The minimum atomic E-state index is 0.328. The first-order valence-corrected chi connectivity index (χ1v) is 6.50. The van der Waals surface area contributed by atoms with E-state index in [0.29, 0.717) is 18.3 Å². The second-order valence-corrected chi connectivity index (χ2v) is 4.74. The van der Waals surface area contributed by atoms with Crippen LogP contribution in [0.25, 0.3) is 11.2 Å². The van der Waals surface area contributed by atoms with Gasteiger partial charge in [-0.2, -0.15) is 0 Å². The molecule has 0 aliphatic rings. The number of imidazole rings is 1. The smallest absolute Gasteiger partial charge is 0.214 e. The fraction of sp³-hybridized carbons (Fsp3) is 0.308. The van der Waals surface area contributed by atoms with Crippen molar-refractivity contribution in [1.82, 2.24) is 19.5 Å². The minimum absolute atomic E-state index is 0.328. The van der Waals surface area contributed by atoms with Crippen LogP contribution in [0.5, 0.6) is 0 Å². The summed E-state index contributed by atoms with van der Waals surface area (Å²) in [5, 5.41) is 0. The molecule has 0 unspecified atom stereocenters. The molecular formula is C13H13ClN4O. The van der Waals surface area contributed by atoms with Crippen LogP contribution in [0.15, 0.2) is 22.9 Å². The largest absolute Gasteiger partial charge is 0.444 e. The van der Waals surface area contributed by atoms with Crippen molar-refractivity contribution in [1.29, 1.82) is 0 Å². The Labute approximate surface area is 115 Å². The van der Waals surface area contributed by atoms with Crippen LogP contribution in [0.2, 0.25) is 0 Å². The second-order valence-electron chi connectivity index (χ2n) is 4.47. The number of oxazole rings is 1. The van der Waals surface area contributed by atoms with Gasteiger partial charge in [0.1, 0.15) is 23.6 Å². The van der Waals surface area contributed by atoms with Crippen molar-refractivity contribution in [3.8, 4) is 0 Å². The molecule has 0 saturated heterocycles. The number of hydrogen-bond acceptors (Lipinski definition) is 4. The highest BCUT2D eigenvalue weighted by atomic mass is 35.5. The van der Waals surface area contributed by atoms with E-state index in [1.807, 2.05) is 30.7 Å². The third kappa shape index (κ3) is 2.21. The van der Waals surface area contributed by atoms with Crippen LogP contribution in [0.3, 0.4) is 0 Å². The van der Waals surface area contributed by atoms with Crippen LogP contribution in [0.4, 0.5) is 0 Å². The number of pyridine rings is 1. The molecule has 0 fully saturated rings. The van der Waals surface area contributed by atoms with Crippen molar-refractivity contribution < 1.29 is 4.42 Å². The number of hydrogen-bond donors (Lipinski definition) is 0. The Bertz CT molecular complexity index is 731. The van der Waals surface area contributed by atoms with E-state index in [4.69, 9.17) is 16.0 Å². The molecule has 19 heavy (non-hydrogen) atoms. The molecule has 0 aliphatic carbocycles. The number of rotatable bonds is 3. The molecule has 0 radical (unpaired) electrons. The Kier molecular flexibility index (Phi) is 2.98. The second kappa shape index (κ2) is 4.66. The van der Waals surface area contributed by atoms with Gasteiger partial charge in [-0.1, -0.05) is 0 Å². The fourth-order valence-electron chi connectivity index (χ4n) is 2.04. The lowest BCUT2D eigenvalue weighted by molar-refractivity contribution is 0.457. The molecule has 3 heterocycles. The maximum Gasteiger partial charge on any atom is 0.214 e. The van der Waals surface area contributed by atoms with Crippen LogP contribution >= 0.6 is 11.6 Å². The predicted molar refractivity (Wildman–Crippen MR) is 72.2 cm³/mol. The van der Waals surface area contributed by atoms with Gasteiger partial charge in [-0.15, -0.1) is 11.6 Å². The Morgan fingerprint density at radius 2 is 2.11 bits per heavy atom. The predicted octanol–water partition coefficient (Wildman–Crippen LogP) is 2.82. The maximum absolute atomic E-state index is 5.95. The molecule has 6 heteroatoms. The van der Waals surface area contributed by atoms with Gasteiger partial charge in [0.05, 0.1) is 12.1 Å². The van der Waals surface area contributed by atoms with Crippen molar-refractivity contribution in [3.63, 3.8) is 0 Å². The van der Waals surface area contributed by atoms with Crippen molar-refractivity contribution in [3.05, 3.63) is 41.5 Å². The van der Waals surface area contributed by atoms with Gasteiger partial charge in [-0.3, -0.25) is 0 Å². The van der Waals surface area contributed by atoms with Crippen LogP contribution in [0.1, 0.15) is 23.0 Å². The zero-order valence-electron chi connectivity index (χ0n) is 10.7. The minimum Gasteiger partial charge on any atom is -0.444 e. The molecule has 0 aromatic carbocycles. The van der Waals surface area contributed by atoms with Gasteiger partial charge in [0.2, 0.25) is 5.89 Å². The summed E-state index contributed by atoms with van der Waals surface area (Å²) >= 11 is 5.95. The molecule has 98 valence electrons. The van der Waals surface area contributed by atoms with Gasteiger partial charge in [0, 0.05) is 6.20 Å². The van der Waals surface area contributed by atoms with E-state index in [1.54, 1.807) is 6.20 Å². The summed E-state index contributed by atoms with van der Waals surface area (Å²) < 4.78 is 7.44. The number of fused-ring (bicyclic) bond motifs is 1. The van der Waals surface area contributed by atoms with E-state index in [1.165, 1.54) is 0 Å². The van der Waals surface area contributed by atoms with E-state index in [2.05, 4.69) is 15.0 Å². The maximum atomic E-state index is 5.95. The lowest BCUT2D eigenvalue weighted by Crippen LogP contribution is -2.04. The molecular weight excluding hydrogens is 264 g/mol.